The van der Waals surface area contributed by atoms with Gasteiger partial charge in [-0.05, 0) is 42.9 Å². The van der Waals surface area contributed by atoms with E-state index in [4.69, 9.17) is 0 Å². The van der Waals surface area contributed by atoms with Crippen LogP contribution in [0.2, 0.25) is 0 Å². The van der Waals surface area contributed by atoms with E-state index in [2.05, 4.69) is 0 Å². The Morgan fingerprint density at radius 2 is 1.36 bits per heavy atom. The molecule has 80 valence electrons. The van der Waals surface area contributed by atoms with E-state index in [1.807, 2.05) is 0 Å². The molecule has 0 aromatic carbocycles. The van der Waals surface area contributed by atoms with Crippen molar-refractivity contribution in [1.29, 1.82) is 0 Å². The highest BCUT2D eigenvalue weighted by Gasteiger charge is 2.47. The Kier molecular flexibility index (Phi) is 2.34. The van der Waals surface area contributed by atoms with Gasteiger partial charge in [0.05, 0.1) is 0 Å². The van der Waals surface area contributed by atoms with E-state index in [1.165, 1.54) is 12.8 Å². The minimum absolute atomic E-state index is 0.864. The monoisotopic (exact) mass is 192 g/mol. The molecule has 14 heavy (non-hydrogen) atoms. The number of hydrogen-bond donors (Lipinski definition) is 0. The van der Waals surface area contributed by atoms with Gasteiger partial charge in [-0.2, -0.15) is 0 Å². The van der Waals surface area contributed by atoms with E-state index in [9.17, 15) is 0 Å². The van der Waals surface area contributed by atoms with Gasteiger partial charge in [-0.3, -0.25) is 0 Å². The van der Waals surface area contributed by atoms with Crippen LogP contribution in [0.5, 0.6) is 0 Å². The zero-order valence-electron chi connectivity index (χ0n) is 9.43. The second-order valence-corrected chi connectivity index (χ2v) is 6.11. The van der Waals surface area contributed by atoms with E-state index in [0.29, 0.717) is 0 Å². The summed E-state index contributed by atoms with van der Waals surface area (Å²) in [6.45, 7) is 0. The van der Waals surface area contributed by atoms with E-state index in [-0.39, 0.29) is 0 Å². The molecule has 3 aliphatic rings. The molecule has 3 fully saturated rings. The summed E-state index contributed by atoms with van der Waals surface area (Å²) in [4.78, 5) is 0. The normalized spacial score (nSPS) is 48.0. The molecule has 0 heterocycles. The number of hydrogen-bond acceptors (Lipinski definition) is 0. The van der Waals surface area contributed by atoms with E-state index < -0.39 is 0 Å². The van der Waals surface area contributed by atoms with Gasteiger partial charge in [0, 0.05) is 0 Å². The Morgan fingerprint density at radius 1 is 0.643 bits per heavy atom. The first kappa shape index (κ1) is 9.24. The lowest BCUT2D eigenvalue weighted by molar-refractivity contribution is 0.0439. The molecule has 0 radical (unpaired) electrons. The molecule has 0 aliphatic heterocycles. The first-order chi connectivity index (χ1) is 6.91. The number of rotatable bonds is 0. The van der Waals surface area contributed by atoms with E-state index >= 15 is 0 Å². The maximum Gasteiger partial charge on any atom is -0.0267 e. The molecule has 0 amide bonds. The average Bonchev–Trinajstić information content (AvgIpc) is 2.60. The van der Waals surface area contributed by atoms with Gasteiger partial charge in [0.2, 0.25) is 0 Å². The smallest absolute Gasteiger partial charge is 0.0267 e. The molecule has 0 spiro atoms. The third-order valence-electron chi connectivity index (χ3n) is 5.54. The highest BCUT2D eigenvalue weighted by atomic mass is 14.5. The standard InChI is InChI=1S/C14H24/c1-2-6-12-7-4-10-14(9-3-1)11-5-8-13(12)14/h12-13H,1-11H2. The third kappa shape index (κ3) is 1.33. The van der Waals surface area contributed by atoms with Crippen molar-refractivity contribution >= 4 is 0 Å². The van der Waals surface area contributed by atoms with Gasteiger partial charge in [0.1, 0.15) is 0 Å². The zero-order valence-corrected chi connectivity index (χ0v) is 9.43. The van der Waals surface area contributed by atoms with Crippen LogP contribution in [0.1, 0.15) is 70.6 Å². The molecular formula is C14H24. The molecule has 0 N–H and O–H groups in total. The van der Waals surface area contributed by atoms with Gasteiger partial charge in [0.15, 0.2) is 0 Å². The van der Waals surface area contributed by atoms with Crippen LogP contribution in [0, 0.1) is 17.3 Å². The topological polar surface area (TPSA) is 0 Å². The molecule has 0 saturated heterocycles. The minimum atomic E-state index is 0.864. The molecule has 3 rings (SSSR count). The van der Waals surface area contributed by atoms with Crippen LogP contribution in [-0.4, -0.2) is 0 Å². The first-order valence-electron chi connectivity index (χ1n) is 6.91. The quantitative estimate of drug-likeness (QED) is 0.528. The summed E-state index contributed by atoms with van der Waals surface area (Å²) in [5.41, 5.74) is 0.864. The zero-order chi connectivity index (χ0) is 9.43. The second-order valence-electron chi connectivity index (χ2n) is 6.11. The van der Waals surface area contributed by atoms with Crippen LogP contribution >= 0.6 is 0 Å². The Balaban J connectivity index is 1.87. The molecule has 0 heteroatoms. The van der Waals surface area contributed by atoms with Crippen LogP contribution in [-0.2, 0) is 0 Å². The fourth-order valence-electron chi connectivity index (χ4n) is 4.97. The summed E-state index contributed by atoms with van der Waals surface area (Å²) in [5, 5.41) is 0. The summed E-state index contributed by atoms with van der Waals surface area (Å²) in [6, 6.07) is 0. The largest absolute Gasteiger partial charge is 0.0533 e. The maximum absolute atomic E-state index is 1.59. The van der Waals surface area contributed by atoms with Gasteiger partial charge >= 0.3 is 0 Å². The van der Waals surface area contributed by atoms with E-state index in [1.54, 1.807) is 57.8 Å². The van der Waals surface area contributed by atoms with Crippen molar-refractivity contribution in [2.24, 2.45) is 17.3 Å². The highest BCUT2D eigenvalue weighted by Crippen LogP contribution is 2.58. The molecule has 3 unspecified atom stereocenters. The van der Waals surface area contributed by atoms with Crippen LogP contribution in [0.25, 0.3) is 0 Å². The minimum Gasteiger partial charge on any atom is -0.0533 e. The van der Waals surface area contributed by atoms with Crippen molar-refractivity contribution in [3.05, 3.63) is 0 Å². The van der Waals surface area contributed by atoms with Crippen molar-refractivity contribution in [2.75, 3.05) is 0 Å². The molecule has 2 bridgehead atoms. The molecule has 3 aliphatic carbocycles. The van der Waals surface area contributed by atoms with Gasteiger partial charge in [-0.15, -0.1) is 0 Å². The Bertz CT molecular complexity index is 208. The Labute approximate surface area is 88.5 Å². The van der Waals surface area contributed by atoms with Crippen LogP contribution in [0.3, 0.4) is 0 Å². The second kappa shape index (κ2) is 3.54. The summed E-state index contributed by atoms with van der Waals surface area (Å²) >= 11 is 0. The SMILES string of the molecule is C1CCC2CCCC3(CC1)CCCC23. The fourth-order valence-corrected chi connectivity index (χ4v) is 4.97. The van der Waals surface area contributed by atoms with Gasteiger partial charge in [-0.25, -0.2) is 0 Å². The van der Waals surface area contributed by atoms with Crippen LogP contribution in [0.4, 0.5) is 0 Å². The predicted octanol–water partition coefficient (Wildman–Crippen LogP) is 4.54. The molecular weight excluding hydrogens is 168 g/mol. The van der Waals surface area contributed by atoms with Crippen molar-refractivity contribution < 1.29 is 0 Å². The van der Waals surface area contributed by atoms with Gasteiger partial charge in [0.25, 0.3) is 0 Å². The van der Waals surface area contributed by atoms with E-state index in [0.717, 1.165) is 17.3 Å². The summed E-state index contributed by atoms with van der Waals surface area (Å²) in [5.74, 6) is 2.31. The van der Waals surface area contributed by atoms with Gasteiger partial charge < -0.3 is 0 Å². The van der Waals surface area contributed by atoms with Crippen LogP contribution in [0.15, 0.2) is 0 Å². The molecule has 0 nitrogen and oxygen atoms in total. The predicted molar refractivity (Wildman–Crippen MR) is 60.2 cm³/mol. The van der Waals surface area contributed by atoms with Crippen molar-refractivity contribution in [3.63, 3.8) is 0 Å². The lowest BCUT2D eigenvalue weighted by atomic mass is 9.59. The maximum atomic E-state index is 1.59. The molecule has 3 saturated carbocycles. The first-order valence-corrected chi connectivity index (χ1v) is 6.91. The Morgan fingerprint density at radius 3 is 2.29 bits per heavy atom. The van der Waals surface area contributed by atoms with Crippen molar-refractivity contribution in [1.82, 2.24) is 0 Å². The fraction of sp³-hybridized carbons (Fsp3) is 1.00. The summed E-state index contributed by atoms with van der Waals surface area (Å²) < 4.78 is 0. The Hall–Kier alpha value is 0. The van der Waals surface area contributed by atoms with Crippen molar-refractivity contribution in [2.45, 2.75) is 70.6 Å². The molecule has 3 atom stereocenters. The molecule has 0 aromatic rings. The van der Waals surface area contributed by atoms with Gasteiger partial charge in [-0.1, -0.05) is 44.9 Å². The summed E-state index contributed by atoms with van der Waals surface area (Å²) in [6.07, 6.45) is 17.2. The average molecular weight is 192 g/mol. The van der Waals surface area contributed by atoms with Crippen molar-refractivity contribution in [3.8, 4) is 0 Å². The summed E-state index contributed by atoms with van der Waals surface area (Å²) in [7, 11) is 0. The lowest BCUT2D eigenvalue weighted by Crippen LogP contribution is -2.36. The third-order valence-corrected chi connectivity index (χ3v) is 5.54. The highest BCUT2D eigenvalue weighted by molar-refractivity contribution is 4.98. The van der Waals surface area contributed by atoms with Crippen LogP contribution < -0.4 is 0 Å². The molecule has 0 aromatic heterocycles. The lowest BCUT2D eigenvalue weighted by Gasteiger charge is -2.46.